The van der Waals surface area contributed by atoms with Gasteiger partial charge in [0.05, 0.1) is 0 Å². The van der Waals surface area contributed by atoms with E-state index in [0.717, 1.165) is 11.4 Å². The molecule has 2 atom stereocenters. The Balaban J connectivity index is 2.51. The summed E-state index contributed by atoms with van der Waals surface area (Å²) in [7, 11) is 1.47. The van der Waals surface area contributed by atoms with Gasteiger partial charge in [-0.25, -0.2) is 0 Å². The van der Waals surface area contributed by atoms with E-state index in [0.29, 0.717) is 0 Å². The number of carbonyl (C=O) groups excluding carboxylic acids is 3. The minimum atomic E-state index is -0.881. The Bertz CT molecular complexity index is 316. The first-order valence-corrected chi connectivity index (χ1v) is 5.33. The average Bonchev–Trinajstić information content (AvgIpc) is 2.45. The SMILES string of the molecule is CCC(C)NC(=O)CC1C(=O)NN(C)C1=O. The molecule has 0 bridgehead atoms. The van der Waals surface area contributed by atoms with E-state index in [2.05, 4.69) is 10.7 Å². The molecule has 2 unspecified atom stereocenters. The van der Waals surface area contributed by atoms with E-state index < -0.39 is 11.8 Å². The molecule has 6 heteroatoms. The monoisotopic (exact) mass is 227 g/mol. The zero-order chi connectivity index (χ0) is 12.3. The molecule has 3 amide bonds. The van der Waals surface area contributed by atoms with Crippen LogP contribution in [-0.2, 0) is 14.4 Å². The van der Waals surface area contributed by atoms with Gasteiger partial charge in [0.1, 0.15) is 5.92 Å². The lowest BCUT2D eigenvalue weighted by Gasteiger charge is -2.12. The molecule has 1 fully saturated rings. The van der Waals surface area contributed by atoms with Gasteiger partial charge in [-0.3, -0.25) is 24.8 Å². The molecule has 1 heterocycles. The highest BCUT2D eigenvalue weighted by atomic mass is 16.2. The third-order valence-corrected chi connectivity index (χ3v) is 2.63. The summed E-state index contributed by atoms with van der Waals surface area (Å²) in [6.07, 6.45) is 0.732. The minimum absolute atomic E-state index is 0.0600. The van der Waals surface area contributed by atoms with Gasteiger partial charge in [0.2, 0.25) is 5.91 Å². The van der Waals surface area contributed by atoms with Crippen molar-refractivity contribution < 1.29 is 14.4 Å². The molecule has 90 valence electrons. The van der Waals surface area contributed by atoms with Gasteiger partial charge < -0.3 is 5.32 Å². The number of nitrogens with one attached hydrogen (secondary N) is 2. The number of nitrogens with zero attached hydrogens (tertiary/aromatic N) is 1. The third kappa shape index (κ3) is 2.71. The highest BCUT2D eigenvalue weighted by molar-refractivity contribution is 6.07. The molecule has 0 saturated carbocycles. The third-order valence-electron chi connectivity index (χ3n) is 2.63. The lowest BCUT2D eigenvalue weighted by molar-refractivity contribution is -0.135. The second-order valence-electron chi connectivity index (χ2n) is 4.01. The first-order valence-electron chi connectivity index (χ1n) is 5.33. The van der Waals surface area contributed by atoms with Crippen molar-refractivity contribution in [3.05, 3.63) is 0 Å². The summed E-state index contributed by atoms with van der Waals surface area (Å²) in [6.45, 7) is 3.83. The zero-order valence-electron chi connectivity index (χ0n) is 9.74. The van der Waals surface area contributed by atoms with Crippen LogP contribution in [-0.4, -0.2) is 35.8 Å². The summed E-state index contributed by atoms with van der Waals surface area (Å²) in [6, 6.07) is 0.0600. The van der Waals surface area contributed by atoms with Gasteiger partial charge in [0, 0.05) is 19.5 Å². The molecule has 0 aromatic rings. The van der Waals surface area contributed by atoms with Crippen molar-refractivity contribution in [2.45, 2.75) is 32.7 Å². The lowest BCUT2D eigenvalue weighted by atomic mass is 10.0. The second kappa shape index (κ2) is 4.96. The van der Waals surface area contributed by atoms with Crippen LogP contribution in [0.4, 0.5) is 0 Å². The maximum absolute atomic E-state index is 11.5. The lowest BCUT2D eigenvalue weighted by Crippen LogP contribution is -2.35. The first-order chi connectivity index (χ1) is 7.45. The maximum atomic E-state index is 11.5. The van der Waals surface area contributed by atoms with Gasteiger partial charge in [-0.1, -0.05) is 6.92 Å². The molecule has 1 saturated heterocycles. The van der Waals surface area contributed by atoms with E-state index in [4.69, 9.17) is 0 Å². The number of amides is 3. The number of hydrazine groups is 1. The van der Waals surface area contributed by atoms with Crippen molar-refractivity contribution >= 4 is 17.7 Å². The standard InChI is InChI=1S/C10H17N3O3/c1-4-6(2)11-8(14)5-7-9(15)12-13(3)10(7)16/h6-7H,4-5H2,1-3H3,(H,11,14)(H,12,15). The maximum Gasteiger partial charge on any atom is 0.253 e. The Labute approximate surface area is 94.3 Å². The molecule has 0 aromatic carbocycles. The molecule has 2 N–H and O–H groups in total. The largest absolute Gasteiger partial charge is 0.354 e. The van der Waals surface area contributed by atoms with Crippen LogP contribution in [0.2, 0.25) is 0 Å². The Morgan fingerprint density at radius 2 is 2.19 bits per heavy atom. The molecule has 0 aromatic heterocycles. The molecular formula is C10H17N3O3. The Kier molecular flexibility index (Phi) is 3.87. The van der Waals surface area contributed by atoms with Gasteiger partial charge in [0.25, 0.3) is 11.8 Å². The van der Waals surface area contributed by atoms with Crippen LogP contribution in [0.1, 0.15) is 26.7 Å². The number of carbonyl (C=O) groups is 3. The highest BCUT2D eigenvalue weighted by Gasteiger charge is 2.38. The molecule has 0 radical (unpaired) electrons. The average molecular weight is 227 g/mol. The molecule has 0 aliphatic carbocycles. The van der Waals surface area contributed by atoms with Crippen LogP contribution in [0.5, 0.6) is 0 Å². The Morgan fingerprint density at radius 3 is 2.62 bits per heavy atom. The summed E-state index contributed by atoms with van der Waals surface area (Å²) in [5.74, 6) is -1.91. The molecular weight excluding hydrogens is 210 g/mol. The van der Waals surface area contributed by atoms with Crippen molar-refractivity contribution in [2.24, 2.45) is 5.92 Å². The zero-order valence-corrected chi connectivity index (χ0v) is 9.74. The first kappa shape index (κ1) is 12.5. The quantitative estimate of drug-likeness (QED) is 0.630. The van der Waals surface area contributed by atoms with Crippen LogP contribution in [0.3, 0.4) is 0 Å². The van der Waals surface area contributed by atoms with Crippen molar-refractivity contribution in [2.75, 3.05) is 7.05 Å². The van der Waals surface area contributed by atoms with E-state index in [9.17, 15) is 14.4 Å². The fourth-order valence-corrected chi connectivity index (χ4v) is 1.45. The van der Waals surface area contributed by atoms with Crippen LogP contribution in [0, 0.1) is 5.92 Å². The fraction of sp³-hybridized carbons (Fsp3) is 0.700. The van der Waals surface area contributed by atoms with Crippen molar-refractivity contribution in [1.29, 1.82) is 0 Å². The second-order valence-corrected chi connectivity index (χ2v) is 4.01. The van der Waals surface area contributed by atoms with E-state index >= 15 is 0 Å². The highest BCUT2D eigenvalue weighted by Crippen LogP contribution is 2.13. The van der Waals surface area contributed by atoms with E-state index in [1.807, 2.05) is 13.8 Å². The van der Waals surface area contributed by atoms with E-state index in [-0.39, 0.29) is 24.3 Å². The van der Waals surface area contributed by atoms with Crippen molar-refractivity contribution in [3.63, 3.8) is 0 Å². The van der Waals surface area contributed by atoms with Crippen LogP contribution >= 0.6 is 0 Å². The predicted octanol–water partition coefficient (Wildman–Crippen LogP) is -0.589. The summed E-state index contributed by atoms with van der Waals surface area (Å²) in [5, 5.41) is 3.84. The predicted molar refractivity (Wildman–Crippen MR) is 56.9 cm³/mol. The number of hydrogen-bond donors (Lipinski definition) is 2. The van der Waals surface area contributed by atoms with Crippen LogP contribution in [0.15, 0.2) is 0 Å². The smallest absolute Gasteiger partial charge is 0.253 e. The normalized spacial score (nSPS) is 21.9. The van der Waals surface area contributed by atoms with Crippen LogP contribution < -0.4 is 10.7 Å². The number of hydrogen-bond acceptors (Lipinski definition) is 3. The summed E-state index contributed by atoms with van der Waals surface area (Å²) in [5.41, 5.74) is 2.35. The van der Waals surface area contributed by atoms with Gasteiger partial charge in [-0.15, -0.1) is 0 Å². The topological polar surface area (TPSA) is 78.5 Å². The molecule has 6 nitrogen and oxygen atoms in total. The summed E-state index contributed by atoms with van der Waals surface area (Å²) >= 11 is 0. The van der Waals surface area contributed by atoms with Crippen LogP contribution in [0.25, 0.3) is 0 Å². The molecule has 0 spiro atoms. The molecule has 16 heavy (non-hydrogen) atoms. The van der Waals surface area contributed by atoms with Gasteiger partial charge in [-0.05, 0) is 13.3 Å². The summed E-state index contributed by atoms with van der Waals surface area (Å²) in [4.78, 5) is 34.3. The van der Waals surface area contributed by atoms with E-state index in [1.54, 1.807) is 0 Å². The minimum Gasteiger partial charge on any atom is -0.354 e. The fourth-order valence-electron chi connectivity index (χ4n) is 1.45. The molecule has 1 aliphatic rings. The Hall–Kier alpha value is -1.59. The van der Waals surface area contributed by atoms with Gasteiger partial charge >= 0.3 is 0 Å². The Morgan fingerprint density at radius 1 is 1.56 bits per heavy atom. The van der Waals surface area contributed by atoms with Gasteiger partial charge in [-0.2, -0.15) is 0 Å². The van der Waals surface area contributed by atoms with Crippen molar-refractivity contribution in [1.82, 2.24) is 15.8 Å². The number of rotatable bonds is 4. The van der Waals surface area contributed by atoms with Gasteiger partial charge in [0.15, 0.2) is 0 Å². The van der Waals surface area contributed by atoms with E-state index in [1.165, 1.54) is 7.05 Å². The molecule has 1 aliphatic heterocycles. The summed E-state index contributed by atoms with van der Waals surface area (Å²) < 4.78 is 0. The van der Waals surface area contributed by atoms with Crippen molar-refractivity contribution in [3.8, 4) is 0 Å². The molecule has 1 rings (SSSR count).